The van der Waals surface area contributed by atoms with Gasteiger partial charge in [-0.15, -0.1) is 0 Å². The van der Waals surface area contributed by atoms with Gasteiger partial charge in [0.25, 0.3) is 5.91 Å². The summed E-state index contributed by atoms with van der Waals surface area (Å²) in [6.07, 6.45) is 4.94. The Morgan fingerprint density at radius 2 is 1.88 bits per heavy atom. The van der Waals surface area contributed by atoms with Gasteiger partial charge in [-0.25, -0.2) is 4.39 Å². The van der Waals surface area contributed by atoms with Gasteiger partial charge in [0, 0.05) is 57.0 Å². The Labute approximate surface area is 152 Å². The predicted octanol–water partition coefficient (Wildman–Crippen LogP) is 2.07. The highest BCUT2D eigenvalue weighted by molar-refractivity contribution is 5.94. The molecule has 26 heavy (non-hydrogen) atoms. The molecule has 2 aromatic rings. The Bertz CT molecular complexity index is 779. The highest BCUT2D eigenvalue weighted by Crippen LogP contribution is 2.21. The molecule has 2 heterocycles. The molecule has 2 amide bonds. The van der Waals surface area contributed by atoms with Crippen LogP contribution in [0.5, 0.6) is 0 Å². The molecule has 1 aliphatic rings. The van der Waals surface area contributed by atoms with Crippen molar-refractivity contribution in [3.8, 4) is 0 Å². The Hall–Kier alpha value is -2.70. The molecule has 0 N–H and O–H groups in total. The van der Waals surface area contributed by atoms with Crippen LogP contribution in [0, 0.1) is 11.7 Å². The number of carbonyl (C=O) groups is 2. The number of nitrogens with zero attached hydrogens (tertiary/aromatic N) is 4. The molecule has 7 heteroatoms. The summed E-state index contributed by atoms with van der Waals surface area (Å²) in [5.41, 5.74) is 1.47. The molecule has 6 nitrogen and oxygen atoms in total. The summed E-state index contributed by atoms with van der Waals surface area (Å²) >= 11 is 0. The van der Waals surface area contributed by atoms with Gasteiger partial charge in [0.2, 0.25) is 5.91 Å². The van der Waals surface area contributed by atoms with Gasteiger partial charge in [0.1, 0.15) is 5.82 Å². The lowest BCUT2D eigenvalue weighted by atomic mass is 9.94. The van der Waals surface area contributed by atoms with E-state index in [1.807, 2.05) is 13.2 Å². The second-order valence-electron chi connectivity index (χ2n) is 6.79. The predicted molar refractivity (Wildman–Crippen MR) is 94.7 cm³/mol. The van der Waals surface area contributed by atoms with Crippen LogP contribution in [0.25, 0.3) is 0 Å². The van der Waals surface area contributed by atoms with Gasteiger partial charge in [-0.3, -0.25) is 14.3 Å². The molecule has 1 aliphatic heterocycles. The standard InChI is InChI=1S/C19H23FN4O2/c1-22(12-14-11-21-23(2)13-14)18(25)16-7-9-24(10-8-16)19(26)15-3-5-17(20)6-4-15/h3-6,11,13,16H,7-10,12H2,1-2H3. The zero-order valence-electron chi connectivity index (χ0n) is 15.1. The molecule has 0 aliphatic carbocycles. The van der Waals surface area contributed by atoms with Crippen LogP contribution in [-0.4, -0.2) is 51.5 Å². The first-order valence-electron chi connectivity index (χ1n) is 8.71. The fourth-order valence-corrected chi connectivity index (χ4v) is 3.32. The fraction of sp³-hybridized carbons (Fsp3) is 0.421. The van der Waals surface area contributed by atoms with Crippen LogP contribution in [0.3, 0.4) is 0 Å². The van der Waals surface area contributed by atoms with Gasteiger partial charge in [-0.1, -0.05) is 0 Å². The van der Waals surface area contributed by atoms with E-state index in [1.165, 1.54) is 24.3 Å². The number of benzene rings is 1. The molecule has 1 saturated heterocycles. The van der Waals surface area contributed by atoms with E-state index in [0.717, 1.165) is 5.56 Å². The summed E-state index contributed by atoms with van der Waals surface area (Å²) in [7, 11) is 3.64. The third-order valence-corrected chi connectivity index (χ3v) is 4.78. The summed E-state index contributed by atoms with van der Waals surface area (Å²) in [5.74, 6) is -0.446. The maximum Gasteiger partial charge on any atom is 0.253 e. The number of aromatic nitrogens is 2. The second-order valence-corrected chi connectivity index (χ2v) is 6.79. The summed E-state index contributed by atoms with van der Waals surface area (Å²) in [6, 6.07) is 5.57. The highest BCUT2D eigenvalue weighted by Gasteiger charge is 2.29. The molecule has 0 radical (unpaired) electrons. The number of piperidine rings is 1. The number of carbonyl (C=O) groups excluding carboxylic acids is 2. The van der Waals surface area contributed by atoms with E-state index in [1.54, 1.807) is 27.7 Å². The normalized spacial score (nSPS) is 15.1. The lowest BCUT2D eigenvalue weighted by molar-refractivity contribution is -0.136. The van der Waals surface area contributed by atoms with Gasteiger partial charge in [-0.05, 0) is 37.1 Å². The van der Waals surface area contributed by atoms with Crippen molar-refractivity contribution >= 4 is 11.8 Å². The van der Waals surface area contributed by atoms with Crippen molar-refractivity contribution in [3.05, 3.63) is 53.6 Å². The van der Waals surface area contributed by atoms with E-state index in [9.17, 15) is 14.0 Å². The van der Waals surface area contributed by atoms with Crippen LogP contribution in [0.2, 0.25) is 0 Å². The Morgan fingerprint density at radius 3 is 2.46 bits per heavy atom. The van der Waals surface area contributed by atoms with E-state index in [0.29, 0.717) is 38.0 Å². The zero-order chi connectivity index (χ0) is 18.7. The van der Waals surface area contributed by atoms with Crippen molar-refractivity contribution in [2.24, 2.45) is 13.0 Å². The Morgan fingerprint density at radius 1 is 1.23 bits per heavy atom. The van der Waals surface area contributed by atoms with Crippen molar-refractivity contribution in [2.75, 3.05) is 20.1 Å². The Balaban J connectivity index is 1.53. The minimum Gasteiger partial charge on any atom is -0.341 e. The molecule has 3 rings (SSSR count). The smallest absolute Gasteiger partial charge is 0.253 e. The molecule has 0 unspecified atom stereocenters. The summed E-state index contributed by atoms with van der Waals surface area (Å²) in [5, 5.41) is 4.12. The molecule has 0 spiro atoms. The van der Waals surface area contributed by atoms with Crippen molar-refractivity contribution in [1.29, 1.82) is 0 Å². The summed E-state index contributed by atoms with van der Waals surface area (Å²) in [6.45, 7) is 1.60. The molecule has 0 atom stereocenters. The van der Waals surface area contributed by atoms with E-state index in [2.05, 4.69) is 5.10 Å². The topological polar surface area (TPSA) is 58.4 Å². The minimum atomic E-state index is -0.359. The van der Waals surface area contributed by atoms with Gasteiger partial charge in [0.05, 0.1) is 6.20 Å². The third-order valence-electron chi connectivity index (χ3n) is 4.78. The van der Waals surface area contributed by atoms with Gasteiger partial charge in [-0.2, -0.15) is 5.10 Å². The molecule has 1 aromatic heterocycles. The lowest BCUT2D eigenvalue weighted by Crippen LogP contribution is -2.43. The molecule has 1 fully saturated rings. The first-order valence-corrected chi connectivity index (χ1v) is 8.71. The zero-order valence-corrected chi connectivity index (χ0v) is 15.1. The quantitative estimate of drug-likeness (QED) is 0.841. The van der Waals surface area contributed by atoms with E-state index >= 15 is 0 Å². The van der Waals surface area contributed by atoms with Crippen molar-refractivity contribution in [1.82, 2.24) is 19.6 Å². The SMILES string of the molecule is CN(Cc1cnn(C)c1)C(=O)C1CCN(C(=O)c2ccc(F)cc2)CC1. The Kier molecular flexibility index (Phi) is 5.35. The molecule has 0 bridgehead atoms. The number of likely N-dealkylation sites (tertiary alicyclic amines) is 1. The van der Waals surface area contributed by atoms with Gasteiger partial charge < -0.3 is 9.80 Å². The maximum absolute atomic E-state index is 13.0. The van der Waals surface area contributed by atoms with Crippen molar-refractivity contribution in [3.63, 3.8) is 0 Å². The molecular formula is C19H23FN4O2. The molecule has 0 saturated carbocycles. The average Bonchev–Trinajstić information content (AvgIpc) is 3.06. The van der Waals surface area contributed by atoms with Crippen LogP contribution in [0.15, 0.2) is 36.7 Å². The molecule has 138 valence electrons. The van der Waals surface area contributed by atoms with Crippen LogP contribution in [0.1, 0.15) is 28.8 Å². The summed E-state index contributed by atoms with van der Waals surface area (Å²) < 4.78 is 14.7. The fourth-order valence-electron chi connectivity index (χ4n) is 3.32. The van der Waals surface area contributed by atoms with Crippen LogP contribution in [0.4, 0.5) is 4.39 Å². The highest BCUT2D eigenvalue weighted by atomic mass is 19.1. The first-order chi connectivity index (χ1) is 12.4. The van der Waals surface area contributed by atoms with E-state index < -0.39 is 0 Å². The lowest BCUT2D eigenvalue weighted by Gasteiger charge is -2.33. The van der Waals surface area contributed by atoms with E-state index in [-0.39, 0.29) is 23.5 Å². The maximum atomic E-state index is 13.0. The average molecular weight is 358 g/mol. The van der Waals surface area contributed by atoms with Gasteiger partial charge >= 0.3 is 0 Å². The minimum absolute atomic E-state index is 0.0751. The second kappa shape index (κ2) is 7.68. The van der Waals surface area contributed by atoms with Crippen LogP contribution < -0.4 is 0 Å². The van der Waals surface area contributed by atoms with Crippen molar-refractivity contribution < 1.29 is 14.0 Å². The monoisotopic (exact) mass is 358 g/mol. The van der Waals surface area contributed by atoms with Gasteiger partial charge in [0.15, 0.2) is 0 Å². The number of aryl methyl sites for hydroxylation is 1. The van der Waals surface area contributed by atoms with Crippen LogP contribution in [-0.2, 0) is 18.4 Å². The first kappa shape index (κ1) is 18.1. The molecular weight excluding hydrogens is 335 g/mol. The number of halogens is 1. The number of amides is 2. The largest absolute Gasteiger partial charge is 0.341 e. The third kappa shape index (κ3) is 4.09. The molecule has 1 aromatic carbocycles. The number of rotatable bonds is 4. The van der Waals surface area contributed by atoms with E-state index in [4.69, 9.17) is 0 Å². The van der Waals surface area contributed by atoms with Crippen molar-refractivity contribution in [2.45, 2.75) is 19.4 Å². The van der Waals surface area contributed by atoms with Crippen LogP contribution >= 0.6 is 0 Å². The number of hydrogen-bond acceptors (Lipinski definition) is 3. The number of hydrogen-bond donors (Lipinski definition) is 0. The summed E-state index contributed by atoms with van der Waals surface area (Å²) in [4.78, 5) is 28.6.